The van der Waals surface area contributed by atoms with Gasteiger partial charge < -0.3 is 5.73 Å². The third kappa shape index (κ3) is 2.93. The largest absolute Gasteiger partial charge is 0.374 e. The van der Waals surface area contributed by atoms with Crippen molar-refractivity contribution in [1.29, 1.82) is 0 Å². The van der Waals surface area contributed by atoms with E-state index >= 15 is 0 Å². The predicted octanol–water partition coefficient (Wildman–Crippen LogP) is 2.89. The lowest BCUT2D eigenvalue weighted by molar-refractivity contribution is 1.10. The van der Waals surface area contributed by atoms with E-state index in [9.17, 15) is 0 Å². The number of nitrogen functional groups attached to an aromatic ring is 1. The van der Waals surface area contributed by atoms with Gasteiger partial charge in [0, 0.05) is 11.9 Å². The van der Waals surface area contributed by atoms with Crippen LogP contribution in [0.15, 0.2) is 6.20 Å². The maximum atomic E-state index is 5.55. The van der Waals surface area contributed by atoms with E-state index < -0.39 is 0 Å². The Kier molecular flexibility index (Phi) is 3.78. The summed E-state index contributed by atoms with van der Waals surface area (Å²) in [5, 5.41) is 10.9. The van der Waals surface area contributed by atoms with Gasteiger partial charge in [-0.1, -0.05) is 25.2 Å². The van der Waals surface area contributed by atoms with Crippen molar-refractivity contribution >= 4 is 39.6 Å². The Morgan fingerprint density at radius 1 is 1.38 bits per heavy atom. The van der Waals surface area contributed by atoms with Crippen LogP contribution >= 0.6 is 34.4 Å². The minimum atomic E-state index is 0.501. The summed E-state index contributed by atoms with van der Waals surface area (Å²) in [6, 6.07) is 0. The lowest BCUT2D eigenvalue weighted by atomic mass is 10.6. The average Bonchev–Trinajstić information content (AvgIpc) is 2.83. The Morgan fingerprint density at radius 2 is 2.19 bits per heavy atom. The molecule has 0 saturated heterocycles. The Balaban J connectivity index is 2.07. The first-order valence-electron chi connectivity index (χ1n) is 4.81. The normalized spacial score (nSPS) is 11.2. The zero-order valence-electron chi connectivity index (χ0n) is 9.01. The van der Waals surface area contributed by atoms with Crippen LogP contribution in [-0.2, 0) is 5.75 Å². The number of hydrogen-bond donors (Lipinski definition) is 1. The van der Waals surface area contributed by atoms with Gasteiger partial charge in [0.25, 0.3) is 0 Å². The number of rotatable bonds is 4. The topological polar surface area (TPSA) is 64.7 Å². The molecule has 0 spiro atoms. The zero-order valence-corrected chi connectivity index (χ0v) is 11.5. The number of hydrogen-bond acceptors (Lipinski definition) is 7. The van der Waals surface area contributed by atoms with Gasteiger partial charge in [-0.05, 0) is 5.25 Å². The van der Waals surface area contributed by atoms with Crippen LogP contribution in [0.25, 0.3) is 9.88 Å². The number of thiazole rings is 1. The predicted molar refractivity (Wildman–Crippen MR) is 71.9 cm³/mol. The second-order valence-electron chi connectivity index (χ2n) is 3.42. The number of nitrogens with zero attached hydrogens (tertiary/aromatic N) is 3. The second kappa shape index (κ2) is 5.11. The molecule has 0 amide bonds. The molecule has 86 valence electrons. The van der Waals surface area contributed by atoms with Crippen molar-refractivity contribution in [2.45, 2.75) is 24.9 Å². The van der Waals surface area contributed by atoms with E-state index in [4.69, 9.17) is 5.73 Å². The van der Waals surface area contributed by atoms with Gasteiger partial charge in [-0.15, -0.1) is 21.5 Å². The standard InChI is InChI=1S/C9H12N4S3/c1-5(2)14-4-7-11-3-6(15-7)8-12-13-9(10)16-8/h3,5H,4H2,1-2H3,(H2,10,13). The fraction of sp³-hybridized carbons (Fsp3) is 0.444. The lowest BCUT2D eigenvalue weighted by Crippen LogP contribution is -1.87. The highest BCUT2D eigenvalue weighted by Gasteiger charge is 2.09. The average molecular weight is 272 g/mol. The molecule has 0 saturated carbocycles. The number of anilines is 1. The van der Waals surface area contributed by atoms with E-state index in [1.54, 1.807) is 11.3 Å². The Bertz CT molecular complexity index is 463. The number of aromatic nitrogens is 3. The fourth-order valence-electron chi connectivity index (χ4n) is 1.05. The molecule has 2 rings (SSSR count). The molecule has 0 aliphatic heterocycles. The van der Waals surface area contributed by atoms with Crippen LogP contribution in [0.3, 0.4) is 0 Å². The molecule has 0 fully saturated rings. The Labute approximate surface area is 106 Å². The van der Waals surface area contributed by atoms with Gasteiger partial charge >= 0.3 is 0 Å². The summed E-state index contributed by atoms with van der Waals surface area (Å²) in [6.45, 7) is 4.37. The van der Waals surface area contributed by atoms with E-state index in [2.05, 4.69) is 29.0 Å². The van der Waals surface area contributed by atoms with Crippen molar-refractivity contribution < 1.29 is 0 Å². The highest BCUT2D eigenvalue weighted by Crippen LogP contribution is 2.31. The van der Waals surface area contributed by atoms with Gasteiger partial charge in [0.05, 0.1) is 4.88 Å². The van der Waals surface area contributed by atoms with Crippen LogP contribution in [0.4, 0.5) is 5.13 Å². The molecule has 2 N–H and O–H groups in total. The molecular weight excluding hydrogens is 260 g/mol. The van der Waals surface area contributed by atoms with Gasteiger partial charge in [-0.25, -0.2) is 4.98 Å². The van der Waals surface area contributed by atoms with Gasteiger partial charge in [0.2, 0.25) is 5.13 Å². The van der Waals surface area contributed by atoms with E-state index in [1.807, 2.05) is 18.0 Å². The molecule has 0 radical (unpaired) electrons. The summed E-state index contributed by atoms with van der Waals surface area (Å²) < 4.78 is 0. The Hall–Kier alpha value is -0.660. The third-order valence-corrected chi connectivity index (χ3v) is 4.95. The van der Waals surface area contributed by atoms with Crippen LogP contribution in [0, 0.1) is 0 Å². The van der Waals surface area contributed by atoms with Crippen LogP contribution < -0.4 is 5.73 Å². The molecule has 7 heteroatoms. The van der Waals surface area contributed by atoms with Crippen molar-refractivity contribution in [3.8, 4) is 9.88 Å². The molecule has 0 aromatic carbocycles. The molecule has 2 aromatic rings. The molecule has 4 nitrogen and oxygen atoms in total. The van der Waals surface area contributed by atoms with Crippen LogP contribution in [-0.4, -0.2) is 20.4 Å². The second-order valence-corrected chi connectivity index (χ2v) is 7.11. The SMILES string of the molecule is CC(C)SCc1ncc(-c2nnc(N)s2)s1. The first kappa shape index (κ1) is 11.8. The lowest BCUT2D eigenvalue weighted by Gasteiger charge is -2.00. The molecule has 0 unspecified atom stereocenters. The third-order valence-electron chi connectivity index (χ3n) is 1.75. The van der Waals surface area contributed by atoms with Gasteiger partial charge in [-0.3, -0.25) is 0 Å². The van der Waals surface area contributed by atoms with Crippen LogP contribution in [0.2, 0.25) is 0 Å². The summed E-state index contributed by atoms with van der Waals surface area (Å²) in [4.78, 5) is 5.42. The van der Waals surface area contributed by atoms with Crippen molar-refractivity contribution in [1.82, 2.24) is 15.2 Å². The monoisotopic (exact) mass is 272 g/mol. The summed E-state index contributed by atoms with van der Waals surface area (Å²) >= 11 is 4.95. The minimum absolute atomic E-state index is 0.501. The molecule has 0 atom stereocenters. The van der Waals surface area contributed by atoms with Crippen LogP contribution in [0.1, 0.15) is 18.9 Å². The molecular formula is C9H12N4S3. The quantitative estimate of drug-likeness (QED) is 0.927. The van der Waals surface area contributed by atoms with E-state index in [0.29, 0.717) is 10.4 Å². The van der Waals surface area contributed by atoms with Gasteiger partial charge in [0.1, 0.15) is 5.01 Å². The maximum Gasteiger partial charge on any atom is 0.203 e. The van der Waals surface area contributed by atoms with E-state index in [0.717, 1.165) is 20.6 Å². The molecule has 2 heterocycles. The smallest absolute Gasteiger partial charge is 0.203 e. The number of nitrogens with two attached hydrogens (primary N) is 1. The molecule has 0 aliphatic carbocycles. The molecule has 0 bridgehead atoms. The van der Waals surface area contributed by atoms with E-state index in [1.165, 1.54) is 11.3 Å². The minimum Gasteiger partial charge on any atom is -0.374 e. The first-order chi connectivity index (χ1) is 7.65. The van der Waals surface area contributed by atoms with E-state index in [-0.39, 0.29) is 0 Å². The van der Waals surface area contributed by atoms with Crippen molar-refractivity contribution in [2.75, 3.05) is 5.73 Å². The fourth-order valence-corrected chi connectivity index (χ4v) is 3.40. The highest BCUT2D eigenvalue weighted by molar-refractivity contribution is 7.99. The first-order valence-corrected chi connectivity index (χ1v) is 7.49. The summed E-state index contributed by atoms with van der Waals surface area (Å²) in [6.07, 6.45) is 1.85. The molecule has 2 aromatic heterocycles. The molecule has 0 aliphatic rings. The maximum absolute atomic E-state index is 5.55. The number of thioether (sulfide) groups is 1. The summed E-state index contributed by atoms with van der Waals surface area (Å²) in [7, 11) is 0. The summed E-state index contributed by atoms with van der Waals surface area (Å²) in [5.41, 5.74) is 5.55. The van der Waals surface area contributed by atoms with Gasteiger partial charge in [-0.2, -0.15) is 11.8 Å². The van der Waals surface area contributed by atoms with Crippen LogP contribution in [0.5, 0.6) is 0 Å². The van der Waals surface area contributed by atoms with Gasteiger partial charge in [0.15, 0.2) is 5.01 Å². The van der Waals surface area contributed by atoms with Crippen molar-refractivity contribution in [3.63, 3.8) is 0 Å². The van der Waals surface area contributed by atoms with Crippen molar-refractivity contribution in [2.24, 2.45) is 0 Å². The highest BCUT2D eigenvalue weighted by atomic mass is 32.2. The summed E-state index contributed by atoms with van der Waals surface area (Å²) in [5.74, 6) is 0.955. The Morgan fingerprint density at radius 3 is 2.81 bits per heavy atom. The zero-order chi connectivity index (χ0) is 11.5. The van der Waals surface area contributed by atoms with Crippen molar-refractivity contribution in [3.05, 3.63) is 11.2 Å². The molecule has 16 heavy (non-hydrogen) atoms.